The summed E-state index contributed by atoms with van der Waals surface area (Å²) in [6.07, 6.45) is 5.31. The highest BCUT2D eigenvalue weighted by Crippen LogP contribution is 2.33. The molecule has 5 rings (SSSR count). The van der Waals surface area contributed by atoms with Crippen molar-refractivity contribution < 1.29 is 23.9 Å². The van der Waals surface area contributed by atoms with Gasteiger partial charge in [-0.05, 0) is 69.4 Å². The molecule has 0 spiro atoms. The number of amides is 4. The fourth-order valence-corrected chi connectivity index (χ4v) is 5.48. The Bertz CT molecular complexity index is 1440. The highest BCUT2D eigenvalue weighted by Gasteiger charge is 2.34. The summed E-state index contributed by atoms with van der Waals surface area (Å²) in [5.74, 6) is 0.931. The molecular formula is C32H39N5O5. The van der Waals surface area contributed by atoms with Crippen molar-refractivity contribution >= 4 is 40.2 Å². The third kappa shape index (κ3) is 6.75. The average Bonchev–Trinajstić information content (AvgIpc) is 2.97. The molecule has 0 atom stereocenters. The summed E-state index contributed by atoms with van der Waals surface area (Å²) in [5, 5.41) is 4.75. The Balaban J connectivity index is 1.25. The first-order valence-electron chi connectivity index (χ1n) is 14.5. The van der Waals surface area contributed by atoms with Crippen LogP contribution in [0.1, 0.15) is 45.6 Å². The first-order chi connectivity index (χ1) is 20.1. The van der Waals surface area contributed by atoms with Crippen LogP contribution in [0, 0.1) is 5.92 Å². The number of carbonyl (C=O) groups is 3. The van der Waals surface area contributed by atoms with Gasteiger partial charge in [-0.1, -0.05) is 18.2 Å². The van der Waals surface area contributed by atoms with Crippen molar-refractivity contribution in [2.75, 3.05) is 43.1 Å². The third-order valence-electron chi connectivity index (χ3n) is 7.74. The zero-order chi connectivity index (χ0) is 29.9. The van der Waals surface area contributed by atoms with E-state index < -0.39 is 5.60 Å². The van der Waals surface area contributed by atoms with Crippen LogP contribution in [-0.2, 0) is 16.1 Å². The normalized spacial score (nSPS) is 16.6. The van der Waals surface area contributed by atoms with Gasteiger partial charge < -0.3 is 19.7 Å². The second kappa shape index (κ2) is 12.3. The Hall–Kier alpha value is -4.34. The number of nitrogens with zero attached hydrogens (tertiary/aromatic N) is 4. The molecule has 222 valence electrons. The maximum atomic E-state index is 13.6. The number of ether oxygens (including phenoxy) is 2. The van der Waals surface area contributed by atoms with Gasteiger partial charge in [0.15, 0.2) is 0 Å². The van der Waals surface area contributed by atoms with Crippen LogP contribution in [0.15, 0.2) is 54.9 Å². The molecule has 1 N–H and O–H groups in total. The van der Waals surface area contributed by atoms with Crippen LogP contribution >= 0.6 is 0 Å². The van der Waals surface area contributed by atoms with Crippen molar-refractivity contribution in [1.82, 2.24) is 15.2 Å². The molecule has 2 aliphatic heterocycles. The summed E-state index contributed by atoms with van der Waals surface area (Å²) in [7, 11) is 1.60. The molecule has 2 saturated heterocycles. The maximum Gasteiger partial charge on any atom is 0.407 e. The first kappa shape index (κ1) is 29.2. The minimum Gasteiger partial charge on any atom is -0.497 e. The average molecular weight is 574 g/mol. The lowest BCUT2D eigenvalue weighted by Crippen LogP contribution is -2.52. The molecule has 0 bridgehead atoms. The molecule has 0 radical (unpaired) electrons. The van der Waals surface area contributed by atoms with Crippen molar-refractivity contribution in [1.29, 1.82) is 0 Å². The van der Waals surface area contributed by atoms with Gasteiger partial charge in [0.2, 0.25) is 5.91 Å². The van der Waals surface area contributed by atoms with E-state index >= 15 is 0 Å². The molecule has 4 amide bonds. The SMILES string of the molecule is COc1ccc(CN2C(=O)CCN(c3cncc4cc(N5CCC(CNC(=O)OC(C)(C)C)CC5)ccc34)C2=O)cc1. The predicted molar refractivity (Wildman–Crippen MR) is 162 cm³/mol. The number of hydrogen-bond acceptors (Lipinski definition) is 7. The Morgan fingerprint density at radius 1 is 1.02 bits per heavy atom. The Morgan fingerprint density at radius 2 is 1.76 bits per heavy atom. The number of methoxy groups -OCH3 is 1. The van der Waals surface area contributed by atoms with Crippen LogP contribution in [-0.4, -0.2) is 66.8 Å². The highest BCUT2D eigenvalue weighted by molar-refractivity contribution is 6.10. The standard InChI is InChI=1S/C32H39N5O5/c1-32(2,3)42-30(39)34-18-22-11-14-35(15-12-22)25-7-10-27-24(17-25)19-33-20-28(27)36-16-13-29(38)37(31(36)40)21-23-5-8-26(41-4)9-6-23/h5-10,17,19-20,22H,11-16,18,21H2,1-4H3,(H,34,39). The number of alkyl carbamates (subject to hydrolysis) is 1. The smallest absolute Gasteiger partial charge is 0.407 e. The molecule has 42 heavy (non-hydrogen) atoms. The van der Waals surface area contributed by atoms with E-state index in [1.165, 1.54) is 4.90 Å². The number of carbonyl (C=O) groups excluding carboxylic acids is 3. The number of nitrogens with one attached hydrogen (secondary N) is 1. The van der Waals surface area contributed by atoms with Gasteiger partial charge in [-0.2, -0.15) is 0 Å². The zero-order valence-corrected chi connectivity index (χ0v) is 24.8. The van der Waals surface area contributed by atoms with Gasteiger partial charge in [-0.15, -0.1) is 0 Å². The van der Waals surface area contributed by atoms with Gasteiger partial charge >= 0.3 is 12.1 Å². The zero-order valence-electron chi connectivity index (χ0n) is 24.8. The van der Waals surface area contributed by atoms with Gasteiger partial charge in [0.25, 0.3) is 0 Å². The van der Waals surface area contributed by atoms with Gasteiger partial charge in [0.1, 0.15) is 11.4 Å². The predicted octanol–water partition coefficient (Wildman–Crippen LogP) is 5.34. The molecule has 0 unspecified atom stereocenters. The topological polar surface area (TPSA) is 104 Å². The summed E-state index contributed by atoms with van der Waals surface area (Å²) >= 11 is 0. The molecule has 2 aromatic carbocycles. The van der Waals surface area contributed by atoms with Crippen molar-refractivity contribution in [2.24, 2.45) is 5.92 Å². The van der Waals surface area contributed by atoms with E-state index in [0.29, 0.717) is 24.7 Å². The van der Waals surface area contributed by atoms with Gasteiger partial charge in [0, 0.05) is 55.3 Å². The minimum absolute atomic E-state index is 0.188. The molecular weight excluding hydrogens is 534 g/mol. The monoisotopic (exact) mass is 573 g/mol. The van der Waals surface area contributed by atoms with Crippen LogP contribution in [0.25, 0.3) is 10.8 Å². The van der Waals surface area contributed by atoms with Crippen molar-refractivity contribution in [2.45, 2.75) is 52.2 Å². The maximum absolute atomic E-state index is 13.6. The Kier molecular flexibility index (Phi) is 8.51. The molecule has 2 fully saturated rings. The number of aromatic nitrogens is 1. The molecule has 10 nitrogen and oxygen atoms in total. The third-order valence-corrected chi connectivity index (χ3v) is 7.74. The fourth-order valence-electron chi connectivity index (χ4n) is 5.48. The van der Waals surface area contributed by atoms with E-state index in [-0.39, 0.29) is 31.0 Å². The van der Waals surface area contributed by atoms with Gasteiger partial charge in [-0.25, -0.2) is 9.59 Å². The van der Waals surface area contributed by atoms with E-state index in [1.54, 1.807) is 18.2 Å². The van der Waals surface area contributed by atoms with Gasteiger partial charge in [0.05, 0.1) is 25.5 Å². The van der Waals surface area contributed by atoms with Crippen LogP contribution < -0.4 is 19.9 Å². The highest BCUT2D eigenvalue weighted by atomic mass is 16.6. The van der Waals surface area contributed by atoms with Crippen molar-refractivity contribution in [3.8, 4) is 5.75 Å². The quantitative estimate of drug-likeness (QED) is 0.407. The number of benzene rings is 2. The number of urea groups is 1. The number of hydrogen-bond donors (Lipinski definition) is 1. The molecule has 2 aliphatic rings. The van der Waals surface area contributed by atoms with E-state index in [4.69, 9.17) is 9.47 Å². The number of fused-ring (bicyclic) bond motifs is 1. The van der Waals surface area contributed by atoms with E-state index in [1.807, 2.05) is 57.3 Å². The summed E-state index contributed by atoms with van der Waals surface area (Å²) in [4.78, 5) is 48.1. The van der Waals surface area contributed by atoms with Crippen molar-refractivity contribution in [3.05, 3.63) is 60.4 Å². The lowest BCUT2D eigenvalue weighted by molar-refractivity contribution is -0.129. The Labute approximate surface area is 246 Å². The molecule has 0 aliphatic carbocycles. The number of pyridine rings is 1. The van der Waals surface area contributed by atoms with Crippen LogP contribution in [0.4, 0.5) is 21.0 Å². The Morgan fingerprint density at radius 3 is 2.45 bits per heavy atom. The minimum atomic E-state index is -0.506. The van der Waals surface area contributed by atoms with Crippen molar-refractivity contribution in [3.63, 3.8) is 0 Å². The number of rotatable bonds is 7. The number of piperidine rings is 1. The fraction of sp³-hybridized carbons (Fsp3) is 0.438. The first-order valence-corrected chi connectivity index (χ1v) is 14.5. The lowest BCUT2D eigenvalue weighted by atomic mass is 9.96. The van der Waals surface area contributed by atoms with Crippen LogP contribution in [0.5, 0.6) is 5.75 Å². The summed E-state index contributed by atoms with van der Waals surface area (Å²) < 4.78 is 10.6. The van der Waals surface area contributed by atoms with Crippen LogP contribution in [0.3, 0.4) is 0 Å². The summed E-state index contributed by atoms with van der Waals surface area (Å²) in [5.41, 5.74) is 2.14. The summed E-state index contributed by atoms with van der Waals surface area (Å²) in [6, 6.07) is 13.2. The molecule has 0 saturated carbocycles. The molecule has 10 heteroatoms. The molecule has 3 aromatic rings. The second-order valence-corrected chi connectivity index (χ2v) is 11.9. The van der Waals surface area contributed by atoms with E-state index in [9.17, 15) is 14.4 Å². The molecule has 1 aromatic heterocycles. The second-order valence-electron chi connectivity index (χ2n) is 11.9. The number of imide groups is 1. The van der Waals surface area contributed by atoms with Crippen LogP contribution in [0.2, 0.25) is 0 Å². The van der Waals surface area contributed by atoms with E-state index in [0.717, 1.165) is 53.7 Å². The number of anilines is 2. The lowest BCUT2D eigenvalue weighted by Gasteiger charge is -2.35. The largest absolute Gasteiger partial charge is 0.497 e. The summed E-state index contributed by atoms with van der Waals surface area (Å²) in [6.45, 7) is 8.45. The molecule has 3 heterocycles. The van der Waals surface area contributed by atoms with Gasteiger partial charge in [-0.3, -0.25) is 19.6 Å². The van der Waals surface area contributed by atoms with E-state index in [2.05, 4.69) is 27.3 Å².